The smallest absolute Gasteiger partial charge is 0.253 e. The van der Waals surface area contributed by atoms with E-state index in [9.17, 15) is 14.7 Å². The molecule has 0 fully saturated rings. The highest BCUT2D eigenvalue weighted by Gasteiger charge is 2.15. The molecule has 5 heteroatoms. The molecule has 1 N–H and O–H groups in total. The minimum atomic E-state index is -0.159. The molecular formula is C15H21NO4. The number of phenols is 1. The number of phenolic OH excluding ortho intramolecular Hbond substituents is 1. The van der Waals surface area contributed by atoms with Crippen LogP contribution in [-0.2, 0) is 4.74 Å². The number of carbonyl (C=O) groups is 2. The van der Waals surface area contributed by atoms with E-state index in [-0.39, 0.29) is 17.2 Å². The number of aryl methyl sites for hydroxylation is 1. The number of carbonyl (C=O) groups excluding carboxylic acids is 2. The molecule has 0 unspecified atom stereocenters. The van der Waals surface area contributed by atoms with Gasteiger partial charge in [-0.2, -0.15) is 0 Å². The second-order valence-electron chi connectivity index (χ2n) is 4.78. The molecule has 0 spiro atoms. The average Bonchev–Trinajstić information content (AvgIpc) is 2.45. The minimum Gasteiger partial charge on any atom is -0.507 e. The lowest BCUT2D eigenvalue weighted by molar-refractivity contribution is 0.0788. The maximum Gasteiger partial charge on any atom is 0.253 e. The molecule has 0 atom stereocenters. The fourth-order valence-electron chi connectivity index (χ4n) is 1.94. The number of methoxy groups -OCH3 is 1. The molecule has 1 amide bonds. The van der Waals surface area contributed by atoms with Crippen LogP contribution in [0.3, 0.4) is 0 Å². The van der Waals surface area contributed by atoms with E-state index in [2.05, 4.69) is 0 Å². The van der Waals surface area contributed by atoms with E-state index in [0.29, 0.717) is 30.6 Å². The Morgan fingerprint density at radius 1 is 1.40 bits per heavy atom. The van der Waals surface area contributed by atoms with E-state index in [1.165, 1.54) is 6.07 Å². The van der Waals surface area contributed by atoms with Gasteiger partial charge in [-0.05, 0) is 37.5 Å². The average molecular weight is 279 g/mol. The number of nitrogens with zero attached hydrogens (tertiary/aromatic N) is 1. The summed E-state index contributed by atoms with van der Waals surface area (Å²) in [5.74, 6) is -0.229. The van der Waals surface area contributed by atoms with E-state index < -0.39 is 0 Å². The second-order valence-corrected chi connectivity index (χ2v) is 4.78. The first-order chi connectivity index (χ1) is 9.51. The van der Waals surface area contributed by atoms with E-state index in [0.717, 1.165) is 12.8 Å². The van der Waals surface area contributed by atoms with Crippen LogP contribution < -0.4 is 0 Å². The highest BCUT2D eigenvalue weighted by Crippen LogP contribution is 2.23. The van der Waals surface area contributed by atoms with Crippen molar-refractivity contribution in [1.82, 2.24) is 4.90 Å². The monoisotopic (exact) mass is 279 g/mol. The summed E-state index contributed by atoms with van der Waals surface area (Å²) in [5, 5.41) is 9.67. The summed E-state index contributed by atoms with van der Waals surface area (Å²) in [4.78, 5) is 24.7. The Balaban J connectivity index is 2.76. The van der Waals surface area contributed by atoms with Crippen molar-refractivity contribution in [2.75, 3.05) is 27.3 Å². The van der Waals surface area contributed by atoms with Gasteiger partial charge in [0.1, 0.15) is 5.75 Å². The van der Waals surface area contributed by atoms with Crippen molar-refractivity contribution >= 4 is 12.2 Å². The van der Waals surface area contributed by atoms with E-state index >= 15 is 0 Å². The molecule has 1 aromatic rings. The number of aromatic hydroxyl groups is 1. The van der Waals surface area contributed by atoms with Crippen LogP contribution in [0.4, 0.5) is 0 Å². The lowest BCUT2D eigenvalue weighted by Gasteiger charge is -2.18. The molecule has 0 aliphatic carbocycles. The van der Waals surface area contributed by atoms with Gasteiger partial charge in [0.25, 0.3) is 5.91 Å². The highest BCUT2D eigenvalue weighted by atomic mass is 16.5. The summed E-state index contributed by atoms with van der Waals surface area (Å²) in [6, 6.07) is 3.01. The normalized spacial score (nSPS) is 10.3. The second kappa shape index (κ2) is 7.65. The van der Waals surface area contributed by atoms with Gasteiger partial charge < -0.3 is 14.7 Å². The number of hydrogen-bond donors (Lipinski definition) is 1. The predicted octanol–water partition coefficient (Wildman–Crippen LogP) is 2.01. The molecule has 0 aliphatic rings. The Morgan fingerprint density at radius 2 is 2.10 bits per heavy atom. The van der Waals surface area contributed by atoms with Gasteiger partial charge in [-0.15, -0.1) is 0 Å². The van der Waals surface area contributed by atoms with Gasteiger partial charge in [-0.3, -0.25) is 9.59 Å². The SMILES string of the molecule is COCCCCN(C)C(=O)c1cc(C)c(O)c(C=O)c1. The molecular weight excluding hydrogens is 258 g/mol. The van der Waals surface area contributed by atoms with Gasteiger partial charge in [0.2, 0.25) is 0 Å². The number of unbranched alkanes of at least 4 members (excludes halogenated alkanes) is 1. The van der Waals surface area contributed by atoms with Crippen molar-refractivity contribution < 1.29 is 19.4 Å². The maximum absolute atomic E-state index is 12.2. The molecule has 0 aromatic heterocycles. The Kier molecular flexibility index (Phi) is 6.18. The first-order valence-corrected chi connectivity index (χ1v) is 6.54. The number of hydrogen-bond acceptors (Lipinski definition) is 4. The number of benzene rings is 1. The third-order valence-electron chi connectivity index (χ3n) is 3.14. The van der Waals surface area contributed by atoms with Crippen LogP contribution in [0.1, 0.15) is 39.1 Å². The molecule has 0 radical (unpaired) electrons. The Hall–Kier alpha value is -1.88. The molecule has 20 heavy (non-hydrogen) atoms. The first kappa shape index (κ1) is 16.2. The number of aldehydes is 1. The van der Waals surface area contributed by atoms with Crippen molar-refractivity contribution in [3.05, 3.63) is 28.8 Å². The lowest BCUT2D eigenvalue weighted by Crippen LogP contribution is -2.28. The molecule has 0 aliphatic heterocycles. The van der Waals surface area contributed by atoms with Crippen LogP contribution in [0, 0.1) is 6.92 Å². The minimum absolute atomic E-state index is 0.0701. The van der Waals surface area contributed by atoms with Crippen molar-refractivity contribution in [2.24, 2.45) is 0 Å². The van der Waals surface area contributed by atoms with Gasteiger partial charge in [-0.25, -0.2) is 0 Å². The zero-order valence-corrected chi connectivity index (χ0v) is 12.2. The Morgan fingerprint density at radius 3 is 2.70 bits per heavy atom. The van der Waals surface area contributed by atoms with Gasteiger partial charge in [-0.1, -0.05) is 0 Å². The van der Waals surface area contributed by atoms with Gasteiger partial charge >= 0.3 is 0 Å². The summed E-state index contributed by atoms with van der Waals surface area (Å²) in [5.41, 5.74) is 1.07. The van der Waals surface area contributed by atoms with E-state index in [1.807, 2.05) is 0 Å². The summed E-state index contributed by atoms with van der Waals surface area (Å²) in [6.07, 6.45) is 2.30. The quantitative estimate of drug-likeness (QED) is 0.612. The lowest BCUT2D eigenvalue weighted by atomic mass is 10.0. The Bertz CT molecular complexity index is 485. The van der Waals surface area contributed by atoms with E-state index in [4.69, 9.17) is 4.74 Å². The largest absolute Gasteiger partial charge is 0.507 e. The fraction of sp³-hybridized carbons (Fsp3) is 0.467. The summed E-state index contributed by atoms with van der Waals surface area (Å²) in [6.45, 7) is 2.96. The predicted molar refractivity (Wildman–Crippen MR) is 76.3 cm³/mol. The number of amides is 1. The third-order valence-corrected chi connectivity index (χ3v) is 3.14. The van der Waals surface area contributed by atoms with Gasteiger partial charge in [0.05, 0.1) is 5.56 Å². The highest BCUT2D eigenvalue weighted by molar-refractivity contribution is 5.96. The molecule has 0 bridgehead atoms. The Labute approximate surface area is 119 Å². The molecule has 110 valence electrons. The first-order valence-electron chi connectivity index (χ1n) is 6.54. The molecule has 1 aromatic carbocycles. The fourth-order valence-corrected chi connectivity index (χ4v) is 1.94. The summed E-state index contributed by atoms with van der Waals surface area (Å²) < 4.78 is 4.96. The van der Waals surface area contributed by atoms with Crippen LogP contribution in [0.15, 0.2) is 12.1 Å². The zero-order valence-electron chi connectivity index (χ0n) is 12.2. The molecule has 1 rings (SSSR count). The summed E-state index contributed by atoms with van der Waals surface area (Å²) in [7, 11) is 3.37. The third kappa shape index (κ3) is 4.06. The zero-order chi connectivity index (χ0) is 15.1. The van der Waals surface area contributed by atoms with Crippen LogP contribution >= 0.6 is 0 Å². The van der Waals surface area contributed by atoms with Crippen LogP contribution in [0.25, 0.3) is 0 Å². The molecule has 5 nitrogen and oxygen atoms in total. The standard InChI is InChI=1S/C15H21NO4/c1-11-8-12(9-13(10-17)14(11)18)15(19)16(2)6-4-5-7-20-3/h8-10,18H,4-7H2,1-3H3. The van der Waals surface area contributed by atoms with Crippen molar-refractivity contribution in [1.29, 1.82) is 0 Å². The number of rotatable bonds is 7. The van der Waals surface area contributed by atoms with Crippen LogP contribution in [0.2, 0.25) is 0 Å². The van der Waals surface area contributed by atoms with E-state index in [1.54, 1.807) is 32.0 Å². The van der Waals surface area contributed by atoms with Crippen molar-refractivity contribution in [3.8, 4) is 5.75 Å². The van der Waals surface area contributed by atoms with Crippen LogP contribution in [0.5, 0.6) is 5.75 Å². The van der Waals surface area contributed by atoms with Gasteiger partial charge in [0.15, 0.2) is 6.29 Å². The topological polar surface area (TPSA) is 66.8 Å². The van der Waals surface area contributed by atoms with Gasteiger partial charge in [0, 0.05) is 32.9 Å². The van der Waals surface area contributed by atoms with Crippen LogP contribution in [-0.4, -0.2) is 49.5 Å². The molecule has 0 saturated heterocycles. The number of ether oxygens (including phenoxy) is 1. The molecule has 0 saturated carbocycles. The maximum atomic E-state index is 12.2. The van der Waals surface area contributed by atoms with Crippen molar-refractivity contribution in [3.63, 3.8) is 0 Å². The van der Waals surface area contributed by atoms with Crippen molar-refractivity contribution in [2.45, 2.75) is 19.8 Å². The molecule has 0 heterocycles. The summed E-state index contributed by atoms with van der Waals surface area (Å²) >= 11 is 0.